The van der Waals surface area contributed by atoms with Crippen molar-refractivity contribution in [1.29, 1.82) is 0 Å². The Kier molecular flexibility index (Phi) is 5.52. The first-order chi connectivity index (χ1) is 11.0. The number of carboxylic acid groups (broad SMARTS) is 1. The molecule has 120 valence electrons. The van der Waals surface area contributed by atoms with Gasteiger partial charge >= 0.3 is 5.97 Å². The van der Waals surface area contributed by atoms with Crippen LogP contribution in [0.15, 0.2) is 48.5 Å². The quantitative estimate of drug-likeness (QED) is 0.856. The fourth-order valence-corrected chi connectivity index (χ4v) is 2.40. The van der Waals surface area contributed by atoms with Crippen molar-refractivity contribution >= 4 is 11.9 Å². The summed E-state index contributed by atoms with van der Waals surface area (Å²) in [6, 6.07) is 14.7. The van der Waals surface area contributed by atoms with Crippen LogP contribution in [0.2, 0.25) is 0 Å². The Morgan fingerprint density at radius 3 is 2.35 bits per heavy atom. The van der Waals surface area contributed by atoms with Crippen LogP contribution in [-0.4, -0.2) is 17.0 Å². The zero-order chi connectivity index (χ0) is 16.8. The fourth-order valence-electron chi connectivity index (χ4n) is 2.40. The SMILES string of the molecule is Cc1ccc(C(=O)NC(CCC(=O)O)c2ccccc2)cc1C. The van der Waals surface area contributed by atoms with Crippen molar-refractivity contribution in [3.63, 3.8) is 0 Å². The summed E-state index contributed by atoms with van der Waals surface area (Å²) >= 11 is 0. The van der Waals surface area contributed by atoms with Crippen LogP contribution in [0, 0.1) is 13.8 Å². The lowest BCUT2D eigenvalue weighted by Crippen LogP contribution is -2.29. The first kappa shape index (κ1) is 16.7. The molecular formula is C19H21NO3. The van der Waals surface area contributed by atoms with E-state index in [4.69, 9.17) is 5.11 Å². The molecule has 2 rings (SSSR count). The van der Waals surface area contributed by atoms with Gasteiger partial charge in [-0.3, -0.25) is 9.59 Å². The molecule has 0 aliphatic heterocycles. The van der Waals surface area contributed by atoms with E-state index in [1.165, 1.54) is 0 Å². The molecule has 1 atom stereocenters. The summed E-state index contributed by atoms with van der Waals surface area (Å²) in [7, 11) is 0. The number of amides is 1. The van der Waals surface area contributed by atoms with Gasteiger partial charge < -0.3 is 10.4 Å². The Morgan fingerprint density at radius 2 is 1.74 bits per heavy atom. The molecule has 0 bridgehead atoms. The maximum Gasteiger partial charge on any atom is 0.303 e. The van der Waals surface area contributed by atoms with Crippen LogP contribution in [0.5, 0.6) is 0 Å². The Bertz CT molecular complexity index is 695. The molecule has 2 aromatic rings. The molecule has 0 fully saturated rings. The maximum atomic E-state index is 12.5. The van der Waals surface area contributed by atoms with E-state index in [1.807, 2.05) is 56.3 Å². The number of aliphatic carboxylic acids is 1. The van der Waals surface area contributed by atoms with E-state index >= 15 is 0 Å². The van der Waals surface area contributed by atoms with Gasteiger partial charge in [0.05, 0.1) is 6.04 Å². The largest absolute Gasteiger partial charge is 0.481 e. The summed E-state index contributed by atoms with van der Waals surface area (Å²) in [4.78, 5) is 23.3. The van der Waals surface area contributed by atoms with Gasteiger partial charge in [-0.1, -0.05) is 36.4 Å². The van der Waals surface area contributed by atoms with Gasteiger partial charge in [-0.05, 0) is 49.1 Å². The van der Waals surface area contributed by atoms with E-state index < -0.39 is 5.97 Å². The van der Waals surface area contributed by atoms with Crippen molar-refractivity contribution in [3.05, 3.63) is 70.8 Å². The minimum Gasteiger partial charge on any atom is -0.481 e. The van der Waals surface area contributed by atoms with Crippen LogP contribution in [-0.2, 0) is 4.79 Å². The van der Waals surface area contributed by atoms with Gasteiger partial charge in [0.25, 0.3) is 5.91 Å². The first-order valence-electron chi connectivity index (χ1n) is 7.62. The Balaban J connectivity index is 2.17. The van der Waals surface area contributed by atoms with Gasteiger partial charge in [0, 0.05) is 12.0 Å². The summed E-state index contributed by atoms with van der Waals surface area (Å²) in [5.41, 5.74) is 3.68. The van der Waals surface area contributed by atoms with Gasteiger partial charge in [0.15, 0.2) is 0 Å². The summed E-state index contributed by atoms with van der Waals surface area (Å²) in [6.07, 6.45) is 0.364. The van der Waals surface area contributed by atoms with Crippen LogP contribution >= 0.6 is 0 Å². The second kappa shape index (κ2) is 7.58. The zero-order valence-corrected chi connectivity index (χ0v) is 13.4. The van der Waals surface area contributed by atoms with Crippen LogP contribution in [0.1, 0.15) is 45.9 Å². The van der Waals surface area contributed by atoms with Gasteiger partial charge in [-0.15, -0.1) is 0 Å². The standard InChI is InChI=1S/C19H21NO3/c1-13-8-9-16(12-14(13)2)19(23)20-17(10-11-18(21)22)15-6-4-3-5-7-15/h3-9,12,17H,10-11H2,1-2H3,(H,20,23)(H,21,22). The van der Waals surface area contributed by atoms with Crippen LogP contribution in [0.3, 0.4) is 0 Å². The number of carbonyl (C=O) groups is 2. The number of nitrogens with one attached hydrogen (secondary N) is 1. The molecule has 1 amide bonds. The molecule has 4 heteroatoms. The normalized spacial score (nSPS) is 11.7. The maximum absolute atomic E-state index is 12.5. The molecule has 2 aromatic carbocycles. The molecule has 23 heavy (non-hydrogen) atoms. The molecule has 1 unspecified atom stereocenters. The molecule has 0 saturated carbocycles. The fraction of sp³-hybridized carbons (Fsp3) is 0.263. The highest BCUT2D eigenvalue weighted by Crippen LogP contribution is 2.19. The summed E-state index contributed by atoms with van der Waals surface area (Å²) in [5.74, 6) is -1.06. The van der Waals surface area contributed by atoms with Crippen molar-refractivity contribution in [2.75, 3.05) is 0 Å². The third kappa shape index (κ3) is 4.68. The second-order valence-corrected chi connectivity index (χ2v) is 5.67. The topological polar surface area (TPSA) is 66.4 Å². The first-order valence-corrected chi connectivity index (χ1v) is 7.62. The predicted octanol–water partition coefficient (Wildman–Crippen LogP) is 3.64. The van der Waals surface area contributed by atoms with Gasteiger partial charge in [0.2, 0.25) is 0 Å². The van der Waals surface area contributed by atoms with Crippen molar-refractivity contribution in [1.82, 2.24) is 5.32 Å². The number of aryl methyl sites for hydroxylation is 2. The molecule has 0 aliphatic rings. The predicted molar refractivity (Wildman–Crippen MR) is 89.4 cm³/mol. The number of hydrogen-bond donors (Lipinski definition) is 2. The third-order valence-electron chi connectivity index (χ3n) is 3.92. The third-order valence-corrected chi connectivity index (χ3v) is 3.92. The van der Waals surface area contributed by atoms with Crippen LogP contribution in [0.25, 0.3) is 0 Å². The molecular weight excluding hydrogens is 290 g/mol. The molecule has 0 saturated heterocycles. The van der Waals surface area contributed by atoms with E-state index in [0.717, 1.165) is 16.7 Å². The lowest BCUT2D eigenvalue weighted by atomic mass is 10.0. The highest BCUT2D eigenvalue weighted by molar-refractivity contribution is 5.94. The number of carbonyl (C=O) groups excluding carboxylic acids is 1. The summed E-state index contributed by atoms with van der Waals surface area (Å²) < 4.78 is 0. The summed E-state index contributed by atoms with van der Waals surface area (Å²) in [6.45, 7) is 3.96. The highest BCUT2D eigenvalue weighted by Gasteiger charge is 2.17. The van der Waals surface area contributed by atoms with Gasteiger partial charge in [-0.25, -0.2) is 0 Å². The van der Waals surface area contributed by atoms with Gasteiger partial charge in [-0.2, -0.15) is 0 Å². The van der Waals surface area contributed by atoms with E-state index in [1.54, 1.807) is 6.07 Å². The monoisotopic (exact) mass is 311 g/mol. The number of carboxylic acids is 1. The highest BCUT2D eigenvalue weighted by atomic mass is 16.4. The summed E-state index contributed by atoms with van der Waals surface area (Å²) in [5, 5.41) is 11.9. The number of benzene rings is 2. The second-order valence-electron chi connectivity index (χ2n) is 5.67. The molecule has 0 spiro atoms. The van der Waals surface area contributed by atoms with Crippen LogP contribution in [0.4, 0.5) is 0 Å². The Labute approximate surface area is 136 Å². The lowest BCUT2D eigenvalue weighted by Gasteiger charge is -2.19. The van der Waals surface area contributed by atoms with Crippen molar-refractivity contribution in [3.8, 4) is 0 Å². The average Bonchev–Trinajstić information content (AvgIpc) is 2.54. The molecule has 0 radical (unpaired) electrons. The average molecular weight is 311 g/mol. The molecule has 0 aromatic heterocycles. The molecule has 4 nitrogen and oxygen atoms in total. The van der Waals surface area contributed by atoms with E-state index in [9.17, 15) is 9.59 Å². The zero-order valence-electron chi connectivity index (χ0n) is 13.4. The minimum atomic E-state index is -0.869. The lowest BCUT2D eigenvalue weighted by molar-refractivity contribution is -0.137. The van der Waals surface area contributed by atoms with Crippen molar-refractivity contribution in [2.24, 2.45) is 0 Å². The smallest absolute Gasteiger partial charge is 0.303 e. The van der Waals surface area contributed by atoms with Crippen molar-refractivity contribution in [2.45, 2.75) is 32.7 Å². The van der Waals surface area contributed by atoms with E-state index in [2.05, 4.69) is 5.32 Å². The van der Waals surface area contributed by atoms with Crippen LogP contribution < -0.4 is 5.32 Å². The number of rotatable bonds is 6. The molecule has 0 heterocycles. The number of hydrogen-bond acceptors (Lipinski definition) is 2. The molecule has 0 aliphatic carbocycles. The Hall–Kier alpha value is -2.62. The van der Waals surface area contributed by atoms with E-state index in [0.29, 0.717) is 12.0 Å². The van der Waals surface area contributed by atoms with Gasteiger partial charge in [0.1, 0.15) is 0 Å². The molecule has 2 N–H and O–H groups in total. The van der Waals surface area contributed by atoms with E-state index in [-0.39, 0.29) is 18.4 Å². The Morgan fingerprint density at radius 1 is 1.04 bits per heavy atom. The minimum absolute atomic E-state index is 0.00671. The van der Waals surface area contributed by atoms with Crippen molar-refractivity contribution < 1.29 is 14.7 Å².